The summed E-state index contributed by atoms with van der Waals surface area (Å²) in [5, 5.41) is 0. The number of halogens is 1. The Bertz CT molecular complexity index is 524. The predicted molar refractivity (Wildman–Crippen MR) is 86.1 cm³/mol. The zero-order chi connectivity index (χ0) is 16.1. The van der Waals surface area contributed by atoms with Gasteiger partial charge in [-0.3, -0.25) is 0 Å². The van der Waals surface area contributed by atoms with Crippen LogP contribution in [0.1, 0.15) is 27.7 Å². The van der Waals surface area contributed by atoms with E-state index in [1.807, 2.05) is 27.7 Å². The van der Waals surface area contributed by atoms with Crippen molar-refractivity contribution < 1.29 is 18.1 Å². The molecule has 0 radical (unpaired) electrons. The summed E-state index contributed by atoms with van der Waals surface area (Å²) >= 11 is 0. The molecule has 1 fully saturated rings. The van der Waals surface area contributed by atoms with Gasteiger partial charge in [-0.15, -0.1) is 0 Å². The van der Waals surface area contributed by atoms with Crippen LogP contribution in [0.2, 0.25) is 19.6 Å². The number of hydrogen-bond acceptors (Lipinski definition) is 3. The SMILES string of the molecule is CC1(C)OB(c2ccc(F)cc2O[Si](C)(C)C)OC1(C)C. The lowest BCUT2D eigenvalue weighted by atomic mass is 9.78. The topological polar surface area (TPSA) is 27.7 Å². The third-order valence-electron chi connectivity index (χ3n) is 3.90. The normalized spacial score (nSPS) is 20.7. The highest BCUT2D eigenvalue weighted by Crippen LogP contribution is 2.37. The highest BCUT2D eigenvalue weighted by molar-refractivity contribution is 6.71. The summed E-state index contributed by atoms with van der Waals surface area (Å²) in [4.78, 5) is 0. The van der Waals surface area contributed by atoms with Gasteiger partial charge in [-0.05, 0) is 53.4 Å². The molecule has 0 bridgehead atoms. The Morgan fingerprint density at radius 3 is 2.05 bits per heavy atom. The first kappa shape index (κ1) is 16.5. The smallest absolute Gasteiger partial charge is 0.498 e. The van der Waals surface area contributed by atoms with E-state index in [-0.39, 0.29) is 5.82 Å². The molecule has 1 heterocycles. The molecule has 1 aromatic carbocycles. The van der Waals surface area contributed by atoms with Crippen LogP contribution in [-0.2, 0) is 9.31 Å². The molecular formula is C15H24BFO3Si. The summed E-state index contributed by atoms with van der Waals surface area (Å²) in [6.07, 6.45) is 0. The average Bonchev–Trinajstić information content (AvgIpc) is 2.45. The first-order valence-electron chi connectivity index (χ1n) is 7.25. The maximum Gasteiger partial charge on any atom is 0.498 e. The molecule has 6 heteroatoms. The minimum Gasteiger partial charge on any atom is -0.544 e. The van der Waals surface area contributed by atoms with Gasteiger partial charge in [0, 0.05) is 11.5 Å². The van der Waals surface area contributed by atoms with Gasteiger partial charge in [0.05, 0.1) is 11.2 Å². The fourth-order valence-corrected chi connectivity index (χ4v) is 2.93. The first-order chi connectivity index (χ1) is 9.41. The molecule has 0 saturated carbocycles. The van der Waals surface area contributed by atoms with Gasteiger partial charge in [0.25, 0.3) is 0 Å². The van der Waals surface area contributed by atoms with Crippen LogP contribution in [0.4, 0.5) is 4.39 Å². The van der Waals surface area contributed by atoms with E-state index >= 15 is 0 Å². The van der Waals surface area contributed by atoms with Crippen LogP contribution in [-0.4, -0.2) is 26.6 Å². The standard InChI is InChI=1S/C15H24BFO3Si/c1-14(2)15(3,4)20-16(19-14)12-9-8-11(17)10-13(12)18-21(5,6)7/h8-10H,1-7H3. The number of hydrogen-bond donors (Lipinski definition) is 0. The van der Waals surface area contributed by atoms with Crippen molar-refractivity contribution in [3.8, 4) is 5.75 Å². The predicted octanol–water partition coefficient (Wildman–Crippen LogP) is 3.34. The maximum atomic E-state index is 13.6. The molecule has 0 aliphatic carbocycles. The van der Waals surface area contributed by atoms with Crippen LogP contribution in [0, 0.1) is 5.82 Å². The molecule has 0 aromatic heterocycles. The molecule has 0 N–H and O–H groups in total. The minimum atomic E-state index is -1.85. The molecule has 1 saturated heterocycles. The number of rotatable bonds is 3. The average molecular weight is 310 g/mol. The lowest BCUT2D eigenvalue weighted by Crippen LogP contribution is -2.41. The zero-order valence-electron chi connectivity index (χ0n) is 13.9. The fourth-order valence-electron chi connectivity index (χ4n) is 2.09. The molecule has 1 aliphatic rings. The summed E-state index contributed by atoms with van der Waals surface area (Å²) in [6.45, 7) is 14.2. The highest BCUT2D eigenvalue weighted by atomic mass is 28.4. The van der Waals surface area contributed by atoms with Crippen molar-refractivity contribution >= 4 is 20.9 Å². The van der Waals surface area contributed by atoms with Gasteiger partial charge in [0.2, 0.25) is 8.32 Å². The van der Waals surface area contributed by atoms with Gasteiger partial charge in [-0.25, -0.2) is 4.39 Å². The van der Waals surface area contributed by atoms with Crippen LogP contribution >= 0.6 is 0 Å². The zero-order valence-corrected chi connectivity index (χ0v) is 14.9. The fraction of sp³-hybridized carbons (Fsp3) is 0.600. The quantitative estimate of drug-likeness (QED) is 0.802. The third kappa shape index (κ3) is 3.49. The van der Waals surface area contributed by atoms with Gasteiger partial charge in [0.1, 0.15) is 11.6 Å². The minimum absolute atomic E-state index is 0.316. The van der Waals surface area contributed by atoms with E-state index in [0.717, 1.165) is 5.46 Å². The van der Waals surface area contributed by atoms with Crippen molar-refractivity contribution in [2.24, 2.45) is 0 Å². The second-order valence-corrected chi connectivity index (χ2v) is 11.9. The van der Waals surface area contributed by atoms with E-state index in [1.165, 1.54) is 12.1 Å². The van der Waals surface area contributed by atoms with Gasteiger partial charge < -0.3 is 13.7 Å². The largest absolute Gasteiger partial charge is 0.544 e. The Morgan fingerprint density at radius 1 is 1.05 bits per heavy atom. The Balaban J connectivity index is 2.37. The summed E-state index contributed by atoms with van der Waals surface area (Å²) in [5.41, 5.74) is -0.109. The molecular weight excluding hydrogens is 286 g/mol. The van der Waals surface area contributed by atoms with E-state index in [4.69, 9.17) is 13.7 Å². The molecule has 21 heavy (non-hydrogen) atoms. The molecule has 0 unspecified atom stereocenters. The van der Waals surface area contributed by atoms with Crippen molar-refractivity contribution in [2.45, 2.75) is 58.5 Å². The second kappa shape index (κ2) is 5.11. The molecule has 0 atom stereocenters. The van der Waals surface area contributed by atoms with Crippen LogP contribution in [0.25, 0.3) is 0 Å². The third-order valence-corrected chi connectivity index (χ3v) is 4.73. The van der Waals surface area contributed by atoms with Crippen molar-refractivity contribution in [3.05, 3.63) is 24.0 Å². The van der Waals surface area contributed by atoms with E-state index < -0.39 is 26.6 Å². The maximum absolute atomic E-state index is 13.6. The van der Waals surface area contributed by atoms with E-state index in [1.54, 1.807) is 6.07 Å². The van der Waals surface area contributed by atoms with Gasteiger partial charge >= 0.3 is 7.12 Å². The van der Waals surface area contributed by atoms with Gasteiger partial charge in [-0.1, -0.05) is 6.07 Å². The van der Waals surface area contributed by atoms with Gasteiger partial charge in [0.15, 0.2) is 0 Å². The first-order valence-corrected chi connectivity index (χ1v) is 10.7. The molecule has 1 aromatic rings. The Hall–Kier alpha value is -0.848. The Labute approximate surface area is 128 Å². The summed E-state index contributed by atoms with van der Waals surface area (Å²) < 4.78 is 31.6. The van der Waals surface area contributed by atoms with E-state index in [0.29, 0.717) is 5.75 Å². The lowest BCUT2D eigenvalue weighted by Gasteiger charge is -2.32. The van der Waals surface area contributed by atoms with E-state index in [9.17, 15) is 4.39 Å². The van der Waals surface area contributed by atoms with Gasteiger partial charge in [-0.2, -0.15) is 0 Å². The molecule has 116 valence electrons. The number of benzene rings is 1. The van der Waals surface area contributed by atoms with Crippen molar-refractivity contribution in [1.29, 1.82) is 0 Å². The monoisotopic (exact) mass is 310 g/mol. The molecule has 2 rings (SSSR count). The molecule has 0 spiro atoms. The summed E-state index contributed by atoms with van der Waals surface area (Å²) in [7, 11) is -2.39. The molecule has 3 nitrogen and oxygen atoms in total. The van der Waals surface area contributed by atoms with Crippen molar-refractivity contribution in [1.82, 2.24) is 0 Å². The van der Waals surface area contributed by atoms with E-state index in [2.05, 4.69) is 19.6 Å². The lowest BCUT2D eigenvalue weighted by molar-refractivity contribution is 0.00578. The summed E-state index contributed by atoms with van der Waals surface area (Å²) in [5.74, 6) is 0.205. The molecule has 1 aliphatic heterocycles. The highest BCUT2D eigenvalue weighted by Gasteiger charge is 2.52. The summed E-state index contributed by atoms with van der Waals surface area (Å²) in [6, 6.07) is 4.52. The Kier molecular flexibility index (Phi) is 4.02. The van der Waals surface area contributed by atoms with Crippen LogP contribution in [0.5, 0.6) is 5.75 Å². The van der Waals surface area contributed by atoms with Crippen molar-refractivity contribution in [3.63, 3.8) is 0 Å². The molecule has 0 amide bonds. The van der Waals surface area contributed by atoms with Crippen LogP contribution < -0.4 is 9.89 Å². The second-order valence-electron chi connectivity index (χ2n) is 7.48. The Morgan fingerprint density at radius 2 is 1.57 bits per heavy atom. The van der Waals surface area contributed by atoms with Crippen LogP contribution in [0.15, 0.2) is 18.2 Å². The van der Waals surface area contributed by atoms with Crippen molar-refractivity contribution in [2.75, 3.05) is 0 Å². The van der Waals surface area contributed by atoms with Crippen LogP contribution in [0.3, 0.4) is 0 Å².